The molecule has 0 bridgehead atoms. The van der Waals surface area contributed by atoms with Crippen LogP contribution in [0.3, 0.4) is 0 Å². The van der Waals surface area contributed by atoms with Crippen molar-refractivity contribution in [2.24, 2.45) is 5.73 Å². The molecule has 5 nitrogen and oxygen atoms in total. The molecule has 1 atom stereocenters. The fraction of sp³-hybridized carbons (Fsp3) is 0.111. The van der Waals surface area contributed by atoms with Crippen LogP contribution in [0.25, 0.3) is 11.1 Å². The lowest BCUT2D eigenvalue weighted by atomic mass is 10.1. The highest BCUT2D eigenvalue weighted by atomic mass is 35.5. The number of nitrogens with one attached hydrogen (secondary N) is 3. The molecule has 1 unspecified atom stereocenters. The third kappa shape index (κ3) is 5.71. The number of thiocarbonyl (C=S) groups is 1. The Hall–Kier alpha value is -2.12. The van der Waals surface area contributed by atoms with Crippen LogP contribution >= 0.6 is 37.0 Å². The second-order valence-electron chi connectivity index (χ2n) is 5.36. The highest BCUT2D eigenvalue weighted by Crippen LogP contribution is 2.20. The summed E-state index contributed by atoms with van der Waals surface area (Å²) in [7, 11) is 0. The molecule has 8 heteroatoms. The lowest BCUT2D eigenvalue weighted by Crippen LogP contribution is -2.36. The van der Waals surface area contributed by atoms with Crippen molar-refractivity contribution in [3.05, 3.63) is 72.6 Å². The third-order valence-electron chi connectivity index (χ3n) is 3.72. The summed E-state index contributed by atoms with van der Waals surface area (Å²) in [5.74, 6) is 0. The Balaban J connectivity index is 0.00000169. The van der Waals surface area contributed by atoms with Gasteiger partial charge in [0.05, 0.1) is 12.2 Å². The van der Waals surface area contributed by atoms with Gasteiger partial charge in [-0.05, 0) is 35.5 Å². The van der Waals surface area contributed by atoms with E-state index in [9.17, 15) is 0 Å². The third-order valence-corrected chi connectivity index (χ3v) is 3.94. The van der Waals surface area contributed by atoms with Gasteiger partial charge in [0.2, 0.25) is 0 Å². The number of halogens is 2. The predicted octanol–water partition coefficient (Wildman–Crippen LogP) is 3.91. The summed E-state index contributed by atoms with van der Waals surface area (Å²) in [6.07, 6.45) is 3.65. The van der Waals surface area contributed by atoms with E-state index in [1.54, 1.807) is 6.20 Å². The van der Waals surface area contributed by atoms with E-state index in [4.69, 9.17) is 18.0 Å². The molecule has 1 aromatic heterocycles. The molecule has 0 spiro atoms. The molecular weight excluding hydrogens is 389 g/mol. The van der Waals surface area contributed by atoms with Gasteiger partial charge >= 0.3 is 0 Å². The van der Waals surface area contributed by atoms with Crippen molar-refractivity contribution >= 4 is 47.8 Å². The SMILES string of the molecule is Cl.Cl.NCC(NC(=S)Nc1ccc(-c2cn[nH]c2)cc1)c1ccccc1. The van der Waals surface area contributed by atoms with Gasteiger partial charge in [0, 0.05) is 24.0 Å². The summed E-state index contributed by atoms with van der Waals surface area (Å²) in [5, 5.41) is 13.8. The molecule has 0 amide bonds. The molecule has 0 aliphatic rings. The second kappa shape index (κ2) is 10.8. The minimum Gasteiger partial charge on any atom is -0.354 e. The zero-order valence-electron chi connectivity index (χ0n) is 13.9. The number of anilines is 1. The Bertz CT molecular complexity index is 779. The smallest absolute Gasteiger partial charge is 0.171 e. The van der Waals surface area contributed by atoms with E-state index in [1.165, 1.54) is 0 Å². The molecule has 26 heavy (non-hydrogen) atoms. The summed E-state index contributed by atoms with van der Waals surface area (Å²) in [6, 6.07) is 18.0. The lowest BCUT2D eigenvalue weighted by Gasteiger charge is -2.20. The number of H-pyrrole nitrogens is 1. The first-order valence-corrected chi connectivity index (χ1v) is 8.09. The highest BCUT2D eigenvalue weighted by Gasteiger charge is 2.10. The Morgan fingerprint density at radius 3 is 2.31 bits per heavy atom. The second-order valence-corrected chi connectivity index (χ2v) is 5.77. The van der Waals surface area contributed by atoms with E-state index in [1.807, 2.05) is 60.8 Å². The minimum atomic E-state index is -0.0172. The Morgan fingerprint density at radius 2 is 1.73 bits per heavy atom. The Kier molecular flexibility index (Phi) is 9.09. The van der Waals surface area contributed by atoms with Gasteiger partial charge in [0.15, 0.2) is 5.11 Å². The molecule has 5 N–H and O–H groups in total. The number of aromatic nitrogens is 2. The van der Waals surface area contributed by atoms with Crippen molar-refractivity contribution in [1.29, 1.82) is 0 Å². The number of nitrogens with two attached hydrogens (primary N) is 1. The number of benzene rings is 2. The molecule has 0 radical (unpaired) electrons. The van der Waals surface area contributed by atoms with Crippen molar-refractivity contribution in [2.75, 3.05) is 11.9 Å². The molecule has 1 heterocycles. The zero-order chi connectivity index (χ0) is 16.8. The van der Waals surface area contributed by atoms with Crippen molar-refractivity contribution in [3.63, 3.8) is 0 Å². The van der Waals surface area contributed by atoms with Gasteiger partial charge in [-0.3, -0.25) is 5.10 Å². The van der Waals surface area contributed by atoms with Crippen molar-refractivity contribution in [3.8, 4) is 11.1 Å². The first-order valence-electron chi connectivity index (χ1n) is 7.68. The quantitative estimate of drug-likeness (QED) is 0.480. The minimum absolute atomic E-state index is 0. The maximum Gasteiger partial charge on any atom is 0.171 e. The fourth-order valence-electron chi connectivity index (χ4n) is 2.44. The monoisotopic (exact) mass is 409 g/mol. The van der Waals surface area contributed by atoms with Gasteiger partial charge < -0.3 is 16.4 Å². The maximum absolute atomic E-state index is 5.86. The first-order chi connectivity index (χ1) is 11.8. The molecule has 138 valence electrons. The van der Waals surface area contributed by atoms with E-state index >= 15 is 0 Å². The Labute approximate surface area is 170 Å². The van der Waals surface area contributed by atoms with Crippen LogP contribution in [-0.4, -0.2) is 21.9 Å². The van der Waals surface area contributed by atoms with Gasteiger partial charge in [-0.1, -0.05) is 42.5 Å². The molecule has 2 aromatic carbocycles. The van der Waals surface area contributed by atoms with E-state index in [0.717, 1.165) is 22.4 Å². The van der Waals surface area contributed by atoms with Crippen LogP contribution in [0, 0.1) is 0 Å². The van der Waals surface area contributed by atoms with Crippen molar-refractivity contribution in [2.45, 2.75) is 6.04 Å². The lowest BCUT2D eigenvalue weighted by molar-refractivity contribution is 0.662. The number of rotatable bonds is 5. The first kappa shape index (κ1) is 21.9. The van der Waals surface area contributed by atoms with Gasteiger partial charge in [0.25, 0.3) is 0 Å². The maximum atomic E-state index is 5.86. The number of aromatic amines is 1. The van der Waals surface area contributed by atoms with Gasteiger partial charge in [-0.15, -0.1) is 24.8 Å². The van der Waals surface area contributed by atoms with Crippen LogP contribution in [0.15, 0.2) is 67.0 Å². The normalized spacial score (nSPS) is 10.8. The zero-order valence-corrected chi connectivity index (χ0v) is 16.3. The molecule has 3 aromatic rings. The summed E-state index contributed by atoms with van der Waals surface area (Å²) in [5.41, 5.74) is 10.0. The number of nitrogens with zero attached hydrogens (tertiary/aromatic N) is 1. The van der Waals surface area contributed by atoms with Crippen molar-refractivity contribution in [1.82, 2.24) is 15.5 Å². The molecular formula is C18H21Cl2N5S. The predicted molar refractivity (Wildman–Crippen MR) is 116 cm³/mol. The van der Waals surface area contributed by atoms with Crippen LogP contribution in [0.4, 0.5) is 5.69 Å². The summed E-state index contributed by atoms with van der Waals surface area (Å²) in [6.45, 7) is 0.464. The van der Waals surface area contributed by atoms with Crippen LogP contribution in [0.2, 0.25) is 0 Å². The largest absolute Gasteiger partial charge is 0.354 e. The fourth-order valence-corrected chi connectivity index (χ4v) is 2.70. The Morgan fingerprint density at radius 1 is 1.04 bits per heavy atom. The molecule has 0 aliphatic heterocycles. The molecule has 0 saturated heterocycles. The molecule has 0 fully saturated rings. The van der Waals surface area contributed by atoms with Crippen LogP contribution in [0.1, 0.15) is 11.6 Å². The van der Waals surface area contributed by atoms with E-state index < -0.39 is 0 Å². The van der Waals surface area contributed by atoms with Crippen LogP contribution in [0.5, 0.6) is 0 Å². The molecule has 0 aliphatic carbocycles. The van der Waals surface area contributed by atoms with Crippen LogP contribution in [-0.2, 0) is 0 Å². The number of hydrogen-bond acceptors (Lipinski definition) is 3. The highest BCUT2D eigenvalue weighted by molar-refractivity contribution is 7.80. The molecule has 0 saturated carbocycles. The summed E-state index contributed by atoms with van der Waals surface area (Å²) in [4.78, 5) is 0. The summed E-state index contributed by atoms with van der Waals surface area (Å²) < 4.78 is 0. The van der Waals surface area contributed by atoms with Gasteiger partial charge in [0.1, 0.15) is 0 Å². The average Bonchev–Trinajstić information content (AvgIpc) is 3.16. The van der Waals surface area contributed by atoms with E-state index in [-0.39, 0.29) is 30.9 Å². The van der Waals surface area contributed by atoms with Gasteiger partial charge in [-0.25, -0.2) is 0 Å². The topological polar surface area (TPSA) is 78.8 Å². The standard InChI is InChI=1S/C18H19N5S.2ClH/c19-10-17(14-4-2-1-3-5-14)23-18(24)22-16-8-6-13(7-9-16)15-11-20-21-12-15;;/h1-9,11-12,17H,10,19H2,(H,20,21)(H2,22,23,24);2*1H. The van der Waals surface area contributed by atoms with Crippen LogP contribution < -0.4 is 16.4 Å². The number of hydrogen-bond donors (Lipinski definition) is 4. The average molecular weight is 410 g/mol. The van der Waals surface area contributed by atoms with E-state index in [0.29, 0.717) is 11.7 Å². The van der Waals surface area contributed by atoms with Crippen molar-refractivity contribution < 1.29 is 0 Å². The molecule has 3 rings (SSSR count). The summed E-state index contributed by atoms with van der Waals surface area (Å²) >= 11 is 5.40. The van der Waals surface area contributed by atoms with E-state index in [2.05, 4.69) is 20.8 Å². The van der Waals surface area contributed by atoms with Gasteiger partial charge in [-0.2, -0.15) is 5.10 Å².